The van der Waals surface area contributed by atoms with Crippen molar-refractivity contribution in [3.8, 4) is 5.75 Å². The number of carbonyl (C=O) groups excluding carboxylic acids is 2. The van der Waals surface area contributed by atoms with E-state index in [-0.39, 0.29) is 23.8 Å². The van der Waals surface area contributed by atoms with Crippen molar-refractivity contribution in [1.29, 1.82) is 0 Å². The molecular weight excluding hydrogens is 558 g/mol. The first-order valence-corrected chi connectivity index (χ1v) is 15.2. The van der Waals surface area contributed by atoms with Gasteiger partial charge in [0.05, 0.1) is 18.8 Å². The van der Waals surface area contributed by atoms with Crippen molar-refractivity contribution in [2.24, 2.45) is 16.3 Å². The average Bonchev–Trinajstić information content (AvgIpc) is 3.34. The van der Waals surface area contributed by atoms with Crippen LogP contribution in [0.15, 0.2) is 53.5 Å². The summed E-state index contributed by atoms with van der Waals surface area (Å²) in [5.41, 5.74) is 3.54. The smallest absolute Gasteiger partial charge is 0.260 e. The minimum Gasteiger partial charge on any atom is -0.484 e. The van der Waals surface area contributed by atoms with Crippen molar-refractivity contribution in [2.75, 3.05) is 38.2 Å². The fraction of sp³-hybridized carbons (Fsp3) is 0.406. The summed E-state index contributed by atoms with van der Waals surface area (Å²) in [6, 6.07) is 14.6. The molecule has 2 amide bonds. The molecule has 9 heteroatoms. The lowest BCUT2D eigenvalue weighted by Crippen LogP contribution is -2.42. The number of benzene rings is 2. The van der Waals surface area contributed by atoms with E-state index in [1.165, 1.54) is 4.88 Å². The zero-order valence-corrected chi connectivity index (χ0v) is 25.3. The van der Waals surface area contributed by atoms with E-state index in [1.807, 2.05) is 24.3 Å². The van der Waals surface area contributed by atoms with Crippen LogP contribution in [0.4, 0.5) is 10.7 Å². The topological polar surface area (TPSA) is 80.2 Å². The Morgan fingerprint density at radius 3 is 2.51 bits per heavy atom. The van der Waals surface area contributed by atoms with Crippen LogP contribution in [0.3, 0.4) is 0 Å². The monoisotopic (exact) mass is 593 g/mol. The van der Waals surface area contributed by atoms with Crippen LogP contribution in [0.2, 0.25) is 5.02 Å². The van der Waals surface area contributed by atoms with Gasteiger partial charge in [-0.2, -0.15) is 0 Å². The predicted octanol–water partition coefficient (Wildman–Crippen LogP) is 6.79. The molecule has 5 rings (SSSR count). The lowest BCUT2D eigenvalue weighted by molar-refractivity contribution is -0.137. The summed E-state index contributed by atoms with van der Waals surface area (Å²) in [4.78, 5) is 33.7. The Morgan fingerprint density at radius 1 is 1.12 bits per heavy atom. The molecule has 41 heavy (non-hydrogen) atoms. The largest absolute Gasteiger partial charge is 0.484 e. The summed E-state index contributed by atoms with van der Waals surface area (Å²) in [5.74, 6) is 0.977. The fourth-order valence-electron chi connectivity index (χ4n) is 5.20. The number of ether oxygens (including phenoxy) is 2. The number of hydrogen-bond donors (Lipinski definition) is 1. The highest BCUT2D eigenvalue weighted by atomic mass is 35.5. The molecule has 0 unspecified atom stereocenters. The van der Waals surface area contributed by atoms with Gasteiger partial charge in [-0.1, -0.05) is 32.4 Å². The Hall–Kier alpha value is -3.20. The second kappa shape index (κ2) is 12.8. The maximum atomic E-state index is 13.6. The molecular formula is C32H36ClN3O4S. The zero-order valence-electron chi connectivity index (χ0n) is 23.7. The molecule has 0 radical (unpaired) electrons. The lowest BCUT2D eigenvalue weighted by Gasteiger charge is -2.33. The number of hydrogen-bond acceptors (Lipinski definition) is 6. The minimum atomic E-state index is -0.153. The SMILES string of the molecule is CC(C)(C)[C@H]1CCc2c(sc(N=Cc3ccc(OCC(=O)N4CCOCC4)cc3)c2C(=O)Nc2ccc(Cl)cc2)C1. The number of thiophene rings is 1. The van der Waals surface area contributed by atoms with Gasteiger partial charge in [0.15, 0.2) is 6.61 Å². The quantitative estimate of drug-likeness (QED) is 0.306. The number of anilines is 1. The molecule has 1 N–H and O–H groups in total. The number of aliphatic imine (C=N–C) groups is 1. The minimum absolute atomic E-state index is 0.00413. The van der Waals surface area contributed by atoms with Crippen LogP contribution in [-0.2, 0) is 22.4 Å². The van der Waals surface area contributed by atoms with E-state index >= 15 is 0 Å². The van der Waals surface area contributed by atoms with Crippen molar-refractivity contribution in [3.63, 3.8) is 0 Å². The maximum Gasteiger partial charge on any atom is 0.260 e. The van der Waals surface area contributed by atoms with E-state index in [9.17, 15) is 9.59 Å². The van der Waals surface area contributed by atoms with E-state index in [0.717, 1.165) is 30.4 Å². The third-order valence-electron chi connectivity index (χ3n) is 7.74. The summed E-state index contributed by atoms with van der Waals surface area (Å²) in [7, 11) is 0. The van der Waals surface area contributed by atoms with E-state index in [4.69, 9.17) is 26.1 Å². The Kier molecular flexibility index (Phi) is 9.12. The molecule has 216 valence electrons. The van der Waals surface area contributed by atoms with E-state index < -0.39 is 0 Å². The molecule has 0 bridgehead atoms. The van der Waals surface area contributed by atoms with Gasteiger partial charge in [-0.25, -0.2) is 4.99 Å². The molecule has 2 heterocycles. The molecule has 1 aliphatic heterocycles. The molecule has 2 aliphatic rings. The number of nitrogens with one attached hydrogen (secondary N) is 1. The highest BCUT2D eigenvalue weighted by Crippen LogP contribution is 2.45. The third-order valence-corrected chi connectivity index (χ3v) is 9.15. The summed E-state index contributed by atoms with van der Waals surface area (Å²) in [5, 5.41) is 4.37. The first-order valence-electron chi connectivity index (χ1n) is 14.0. The second-order valence-electron chi connectivity index (χ2n) is 11.6. The van der Waals surface area contributed by atoms with E-state index in [0.29, 0.717) is 59.2 Å². The van der Waals surface area contributed by atoms with Crippen LogP contribution < -0.4 is 10.1 Å². The van der Waals surface area contributed by atoms with Crippen LogP contribution in [0.25, 0.3) is 0 Å². The van der Waals surface area contributed by atoms with Crippen LogP contribution in [-0.4, -0.2) is 55.8 Å². The van der Waals surface area contributed by atoms with Crippen LogP contribution in [0, 0.1) is 11.3 Å². The predicted molar refractivity (Wildman–Crippen MR) is 165 cm³/mol. The molecule has 1 aromatic heterocycles. The van der Waals surface area contributed by atoms with Crippen molar-refractivity contribution < 1.29 is 19.1 Å². The van der Waals surface area contributed by atoms with Crippen molar-refractivity contribution in [3.05, 3.63) is 75.1 Å². The fourth-order valence-corrected chi connectivity index (χ4v) is 6.59. The Bertz CT molecular complexity index is 1400. The van der Waals surface area contributed by atoms with E-state index in [1.54, 1.807) is 46.7 Å². The van der Waals surface area contributed by atoms with Gasteiger partial charge >= 0.3 is 0 Å². The van der Waals surface area contributed by atoms with Gasteiger partial charge in [0.25, 0.3) is 11.8 Å². The van der Waals surface area contributed by atoms with Crippen molar-refractivity contribution in [2.45, 2.75) is 40.0 Å². The van der Waals surface area contributed by atoms with Gasteiger partial charge in [0.1, 0.15) is 10.8 Å². The first-order chi connectivity index (χ1) is 19.7. The molecule has 0 spiro atoms. The van der Waals surface area contributed by atoms with Gasteiger partial charge in [-0.05, 0) is 90.3 Å². The normalized spacial score (nSPS) is 17.4. The molecule has 2 aromatic carbocycles. The van der Waals surface area contributed by atoms with Gasteiger partial charge in [0.2, 0.25) is 0 Å². The number of carbonyl (C=O) groups is 2. The summed E-state index contributed by atoms with van der Waals surface area (Å²) in [6.45, 7) is 9.18. The molecule has 1 fully saturated rings. The zero-order chi connectivity index (χ0) is 29.0. The Labute approximate surface area is 250 Å². The molecule has 1 atom stereocenters. The lowest BCUT2D eigenvalue weighted by atomic mass is 9.72. The number of morpholine rings is 1. The standard InChI is InChI=1S/C32H36ClN3O4S/c1-32(2,3)22-6-13-26-27(18-22)41-31(29(26)30(38)35-24-9-7-23(33)8-10-24)34-19-21-4-11-25(12-5-21)40-20-28(37)36-14-16-39-17-15-36/h4-5,7-12,19,22H,6,13-18,20H2,1-3H3,(H,35,38)/t22-/m0/s1. The molecule has 3 aromatic rings. The Morgan fingerprint density at radius 2 is 1.83 bits per heavy atom. The highest BCUT2D eigenvalue weighted by molar-refractivity contribution is 7.16. The van der Waals surface area contributed by atoms with Crippen LogP contribution >= 0.6 is 22.9 Å². The van der Waals surface area contributed by atoms with E-state index in [2.05, 4.69) is 26.1 Å². The average molecular weight is 594 g/mol. The van der Waals surface area contributed by atoms with Crippen LogP contribution in [0.5, 0.6) is 5.75 Å². The Balaban J connectivity index is 1.32. The van der Waals surface area contributed by atoms with Crippen molar-refractivity contribution >= 4 is 51.7 Å². The second-order valence-corrected chi connectivity index (χ2v) is 13.1. The molecule has 7 nitrogen and oxygen atoms in total. The number of fused-ring (bicyclic) bond motifs is 1. The van der Waals surface area contributed by atoms with Gasteiger partial charge in [0, 0.05) is 34.9 Å². The van der Waals surface area contributed by atoms with Gasteiger partial charge < -0.3 is 19.7 Å². The number of halogens is 1. The van der Waals surface area contributed by atoms with Crippen LogP contribution in [0.1, 0.15) is 53.6 Å². The van der Waals surface area contributed by atoms with Crippen molar-refractivity contribution in [1.82, 2.24) is 4.90 Å². The maximum absolute atomic E-state index is 13.6. The molecule has 0 saturated carbocycles. The highest BCUT2D eigenvalue weighted by Gasteiger charge is 2.33. The summed E-state index contributed by atoms with van der Waals surface area (Å²) >= 11 is 7.65. The number of nitrogens with zero attached hydrogens (tertiary/aromatic N) is 2. The van der Waals surface area contributed by atoms with Gasteiger partial charge in [-0.15, -0.1) is 11.3 Å². The molecule has 1 aliphatic carbocycles. The molecule has 1 saturated heterocycles. The summed E-state index contributed by atoms with van der Waals surface area (Å²) < 4.78 is 11.0. The summed E-state index contributed by atoms with van der Waals surface area (Å²) in [6.07, 6.45) is 4.64. The first kappa shape index (κ1) is 29.3. The van der Waals surface area contributed by atoms with Gasteiger partial charge in [-0.3, -0.25) is 9.59 Å². The third kappa shape index (κ3) is 7.36. The number of rotatable bonds is 7. The number of amides is 2.